The lowest BCUT2D eigenvalue weighted by molar-refractivity contribution is 0.0628. The molecule has 3 rings (SSSR count). The van der Waals surface area contributed by atoms with E-state index in [4.69, 9.17) is 0 Å². The highest BCUT2D eigenvalue weighted by molar-refractivity contribution is 5.99. The van der Waals surface area contributed by atoms with Crippen molar-refractivity contribution in [2.24, 2.45) is 5.92 Å². The fourth-order valence-corrected chi connectivity index (χ4v) is 3.33. The fraction of sp³-hybridized carbons (Fsp3) is 0.391. The minimum atomic E-state index is -0.129. The van der Waals surface area contributed by atoms with Crippen molar-refractivity contribution in [2.45, 2.75) is 20.4 Å². The molecule has 0 spiro atoms. The predicted octanol–water partition coefficient (Wildman–Crippen LogP) is 3.03. The lowest BCUT2D eigenvalue weighted by Gasteiger charge is -2.34. The van der Waals surface area contributed by atoms with Gasteiger partial charge in [-0.05, 0) is 29.7 Å². The molecule has 0 unspecified atom stereocenters. The number of benzene rings is 2. The second-order valence-electron chi connectivity index (χ2n) is 7.74. The van der Waals surface area contributed by atoms with E-state index in [2.05, 4.69) is 48.3 Å². The molecule has 1 aliphatic heterocycles. The Kier molecular flexibility index (Phi) is 6.82. The zero-order valence-electron chi connectivity index (χ0n) is 16.7. The fourth-order valence-electron chi connectivity index (χ4n) is 3.33. The summed E-state index contributed by atoms with van der Waals surface area (Å²) in [6.45, 7) is 8.76. The van der Waals surface area contributed by atoms with Crippen molar-refractivity contribution in [3.8, 4) is 0 Å². The lowest BCUT2D eigenvalue weighted by Crippen LogP contribution is -2.48. The molecular formula is C23H29N3O2. The summed E-state index contributed by atoms with van der Waals surface area (Å²) in [5, 5.41) is 2.90. The van der Waals surface area contributed by atoms with Crippen LogP contribution in [-0.4, -0.2) is 54.3 Å². The van der Waals surface area contributed by atoms with Gasteiger partial charge in [0.2, 0.25) is 0 Å². The molecule has 0 bridgehead atoms. The van der Waals surface area contributed by atoms with E-state index in [0.29, 0.717) is 36.7 Å². The van der Waals surface area contributed by atoms with Crippen LogP contribution >= 0.6 is 0 Å². The van der Waals surface area contributed by atoms with Gasteiger partial charge in [-0.15, -0.1) is 0 Å². The Labute approximate surface area is 167 Å². The number of nitrogens with zero attached hydrogens (tertiary/aromatic N) is 2. The van der Waals surface area contributed by atoms with Crippen LogP contribution in [0.2, 0.25) is 0 Å². The molecule has 2 amide bonds. The van der Waals surface area contributed by atoms with Crippen molar-refractivity contribution >= 4 is 11.8 Å². The standard InChI is InChI=1S/C23H29N3O2/c1-18(2)16-24-22(27)20-9-6-10-21(15-20)23(28)26-13-11-25(12-14-26)17-19-7-4-3-5-8-19/h3-10,15,18H,11-14,16-17H2,1-2H3,(H,24,27). The summed E-state index contributed by atoms with van der Waals surface area (Å²) in [5.74, 6) is 0.259. The molecule has 0 aliphatic carbocycles. The minimum absolute atomic E-state index is 0.00197. The first kappa shape index (κ1) is 20.1. The summed E-state index contributed by atoms with van der Waals surface area (Å²) >= 11 is 0. The van der Waals surface area contributed by atoms with Crippen molar-refractivity contribution in [1.82, 2.24) is 15.1 Å². The highest BCUT2D eigenvalue weighted by Gasteiger charge is 2.22. The number of piperazine rings is 1. The molecule has 1 fully saturated rings. The van der Waals surface area contributed by atoms with E-state index in [0.717, 1.165) is 19.6 Å². The van der Waals surface area contributed by atoms with Crippen LogP contribution in [0.1, 0.15) is 40.1 Å². The summed E-state index contributed by atoms with van der Waals surface area (Å²) in [4.78, 5) is 29.4. The van der Waals surface area contributed by atoms with Crippen LogP contribution in [0.15, 0.2) is 54.6 Å². The number of hydrogen-bond acceptors (Lipinski definition) is 3. The van der Waals surface area contributed by atoms with Crippen LogP contribution in [0, 0.1) is 5.92 Å². The largest absolute Gasteiger partial charge is 0.352 e. The van der Waals surface area contributed by atoms with Gasteiger partial charge in [-0.25, -0.2) is 0 Å². The van der Waals surface area contributed by atoms with E-state index in [1.165, 1.54) is 5.56 Å². The zero-order chi connectivity index (χ0) is 19.9. The second kappa shape index (κ2) is 9.51. The third-order valence-corrected chi connectivity index (χ3v) is 4.95. The van der Waals surface area contributed by atoms with Crippen LogP contribution in [0.25, 0.3) is 0 Å². The van der Waals surface area contributed by atoms with Gasteiger partial charge in [0.05, 0.1) is 0 Å². The van der Waals surface area contributed by atoms with Crippen LogP contribution in [0.5, 0.6) is 0 Å². The lowest BCUT2D eigenvalue weighted by atomic mass is 10.1. The van der Waals surface area contributed by atoms with Crippen LogP contribution in [0.3, 0.4) is 0 Å². The Bertz CT molecular complexity index is 797. The number of amides is 2. The van der Waals surface area contributed by atoms with E-state index >= 15 is 0 Å². The molecular weight excluding hydrogens is 350 g/mol. The highest BCUT2D eigenvalue weighted by atomic mass is 16.2. The average Bonchev–Trinajstić information content (AvgIpc) is 2.73. The molecule has 0 saturated carbocycles. The van der Waals surface area contributed by atoms with Crippen molar-refractivity contribution < 1.29 is 9.59 Å². The summed E-state index contributed by atoms with van der Waals surface area (Å²) in [6.07, 6.45) is 0. The average molecular weight is 380 g/mol. The molecule has 1 aliphatic rings. The van der Waals surface area contributed by atoms with Crippen LogP contribution in [-0.2, 0) is 6.54 Å². The summed E-state index contributed by atoms with van der Waals surface area (Å²) < 4.78 is 0. The molecule has 0 aromatic heterocycles. The SMILES string of the molecule is CC(C)CNC(=O)c1cccc(C(=O)N2CCN(Cc3ccccc3)CC2)c1. The Balaban J connectivity index is 1.56. The quantitative estimate of drug-likeness (QED) is 0.839. The van der Waals surface area contributed by atoms with Crippen molar-refractivity contribution in [3.63, 3.8) is 0 Å². The molecule has 5 nitrogen and oxygen atoms in total. The molecule has 28 heavy (non-hydrogen) atoms. The van der Waals surface area contributed by atoms with Gasteiger partial charge < -0.3 is 10.2 Å². The normalized spacial score (nSPS) is 14.9. The maximum absolute atomic E-state index is 12.9. The molecule has 148 valence electrons. The Morgan fingerprint density at radius 1 is 0.929 bits per heavy atom. The van der Waals surface area contributed by atoms with Crippen molar-refractivity contribution in [2.75, 3.05) is 32.7 Å². The summed E-state index contributed by atoms with van der Waals surface area (Å²) in [7, 11) is 0. The van der Waals surface area contributed by atoms with E-state index in [-0.39, 0.29) is 11.8 Å². The summed E-state index contributed by atoms with van der Waals surface area (Å²) in [5.41, 5.74) is 2.41. The second-order valence-corrected chi connectivity index (χ2v) is 7.74. The van der Waals surface area contributed by atoms with E-state index in [9.17, 15) is 9.59 Å². The number of nitrogens with one attached hydrogen (secondary N) is 1. The molecule has 1 heterocycles. The molecule has 2 aromatic rings. The Morgan fingerprint density at radius 2 is 1.61 bits per heavy atom. The van der Waals surface area contributed by atoms with Crippen molar-refractivity contribution in [1.29, 1.82) is 0 Å². The topological polar surface area (TPSA) is 52.7 Å². The number of carbonyl (C=O) groups excluding carboxylic acids is 2. The minimum Gasteiger partial charge on any atom is -0.352 e. The smallest absolute Gasteiger partial charge is 0.253 e. The highest BCUT2D eigenvalue weighted by Crippen LogP contribution is 2.13. The van der Waals surface area contributed by atoms with E-state index in [1.54, 1.807) is 24.3 Å². The van der Waals surface area contributed by atoms with Crippen molar-refractivity contribution in [3.05, 3.63) is 71.3 Å². The van der Waals surface area contributed by atoms with Gasteiger partial charge in [0.15, 0.2) is 0 Å². The van der Waals surface area contributed by atoms with E-state index in [1.807, 2.05) is 11.0 Å². The zero-order valence-corrected chi connectivity index (χ0v) is 16.7. The van der Waals surface area contributed by atoms with Gasteiger partial charge in [0, 0.05) is 50.4 Å². The Morgan fingerprint density at radius 3 is 2.29 bits per heavy atom. The third-order valence-electron chi connectivity index (χ3n) is 4.95. The van der Waals surface area contributed by atoms with Crippen LogP contribution in [0.4, 0.5) is 0 Å². The molecule has 1 N–H and O–H groups in total. The monoisotopic (exact) mass is 379 g/mol. The molecule has 2 aromatic carbocycles. The molecule has 5 heteroatoms. The predicted molar refractivity (Wildman–Crippen MR) is 111 cm³/mol. The Hall–Kier alpha value is -2.66. The number of carbonyl (C=O) groups is 2. The van der Waals surface area contributed by atoms with Gasteiger partial charge >= 0.3 is 0 Å². The first-order chi connectivity index (χ1) is 13.5. The maximum Gasteiger partial charge on any atom is 0.253 e. The van der Waals surface area contributed by atoms with Gasteiger partial charge in [-0.2, -0.15) is 0 Å². The molecule has 1 saturated heterocycles. The van der Waals surface area contributed by atoms with Gasteiger partial charge in [-0.1, -0.05) is 50.2 Å². The molecule has 0 radical (unpaired) electrons. The third kappa shape index (κ3) is 5.42. The van der Waals surface area contributed by atoms with Crippen LogP contribution < -0.4 is 5.32 Å². The molecule has 0 atom stereocenters. The number of rotatable bonds is 6. The van der Waals surface area contributed by atoms with Gasteiger partial charge in [0.25, 0.3) is 11.8 Å². The summed E-state index contributed by atoms with van der Waals surface area (Å²) in [6, 6.07) is 17.4. The van der Waals surface area contributed by atoms with Gasteiger partial charge in [-0.3, -0.25) is 14.5 Å². The number of hydrogen-bond donors (Lipinski definition) is 1. The first-order valence-electron chi connectivity index (χ1n) is 9.97. The maximum atomic E-state index is 12.9. The first-order valence-corrected chi connectivity index (χ1v) is 9.97. The van der Waals surface area contributed by atoms with E-state index < -0.39 is 0 Å². The van der Waals surface area contributed by atoms with Gasteiger partial charge in [0.1, 0.15) is 0 Å².